The summed E-state index contributed by atoms with van der Waals surface area (Å²) in [6.45, 7) is 3.96. The van der Waals surface area contributed by atoms with E-state index in [9.17, 15) is 4.79 Å². The fourth-order valence-corrected chi connectivity index (χ4v) is 2.48. The third kappa shape index (κ3) is 1.13. The highest BCUT2D eigenvalue weighted by Gasteiger charge is 2.36. The van der Waals surface area contributed by atoms with Gasteiger partial charge >= 0.3 is 0 Å². The summed E-state index contributed by atoms with van der Waals surface area (Å²) in [4.78, 5) is 11.4. The van der Waals surface area contributed by atoms with Crippen LogP contribution in [0.2, 0.25) is 0 Å². The van der Waals surface area contributed by atoms with E-state index >= 15 is 0 Å². The highest BCUT2D eigenvalue weighted by molar-refractivity contribution is 5.82. The Morgan fingerprint density at radius 1 is 1.36 bits per heavy atom. The molecule has 0 heterocycles. The van der Waals surface area contributed by atoms with Crippen LogP contribution in [0.1, 0.15) is 32.1 Å². The van der Waals surface area contributed by atoms with Gasteiger partial charge in [-0.3, -0.25) is 4.79 Å². The molecule has 0 aromatic carbocycles. The molecule has 2 rings (SSSR count). The molecule has 1 heteroatoms. The summed E-state index contributed by atoms with van der Waals surface area (Å²) in [7, 11) is 0. The molecule has 0 aliphatic heterocycles. The third-order valence-corrected chi connectivity index (χ3v) is 3.04. The molecule has 1 nitrogen and oxygen atoms in total. The van der Waals surface area contributed by atoms with Gasteiger partial charge < -0.3 is 0 Å². The largest absolute Gasteiger partial charge is 0.299 e. The Labute approximate surface area is 67.5 Å². The van der Waals surface area contributed by atoms with Crippen LogP contribution in [-0.2, 0) is 4.79 Å². The molecule has 0 unspecified atom stereocenters. The molecule has 2 saturated carbocycles. The van der Waals surface area contributed by atoms with Crippen LogP contribution in [-0.4, -0.2) is 5.78 Å². The number of rotatable bonds is 0. The van der Waals surface area contributed by atoms with Crippen LogP contribution in [0.15, 0.2) is 12.2 Å². The first-order chi connectivity index (χ1) is 5.27. The Bertz CT molecular complexity index is 205. The Morgan fingerprint density at radius 2 is 2.18 bits per heavy atom. The summed E-state index contributed by atoms with van der Waals surface area (Å²) in [5, 5.41) is 0. The van der Waals surface area contributed by atoms with Gasteiger partial charge in [0.2, 0.25) is 0 Å². The van der Waals surface area contributed by atoms with Crippen LogP contribution in [0.25, 0.3) is 0 Å². The first-order valence-electron chi connectivity index (χ1n) is 4.47. The molecule has 0 saturated heterocycles. The number of carbonyl (C=O) groups excluding carboxylic acids is 1. The minimum atomic E-state index is 0.372. The van der Waals surface area contributed by atoms with Gasteiger partial charge in [0.25, 0.3) is 0 Å². The molecule has 11 heavy (non-hydrogen) atoms. The lowest BCUT2D eigenvalue weighted by molar-refractivity contribution is -0.125. The topological polar surface area (TPSA) is 17.1 Å². The van der Waals surface area contributed by atoms with Crippen LogP contribution in [0.5, 0.6) is 0 Å². The van der Waals surface area contributed by atoms with E-state index in [0.717, 1.165) is 25.7 Å². The van der Waals surface area contributed by atoms with Gasteiger partial charge in [-0.05, 0) is 31.6 Å². The molecule has 2 fully saturated rings. The first-order valence-corrected chi connectivity index (χ1v) is 4.47. The number of Topliss-reactive ketones (excluding diaryl/α,β-unsaturated/α-hetero) is 1. The predicted molar refractivity (Wildman–Crippen MR) is 44.2 cm³/mol. The molecule has 0 aromatic rings. The van der Waals surface area contributed by atoms with Crippen LogP contribution in [0, 0.1) is 11.8 Å². The van der Waals surface area contributed by atoms with Gasteiger partial charge in [0, 0.05) is 12.3 Å². The van der Waals surface area contributed by atoms with Crippen molar-refractivity contribution in [3.63, 3.8) is 0 Å². The van der Waals surface area contributed by atoms with Crippen molar-refractivity contribution in [1.82, 2.24) is 0 Å². The first kappa shape index (κ1) is 7.08. The molecule has 60 valence electrons. The number of fused-ring (bicyclic) bond motifs is 1. The Kier molecular flexibility index (Phi) is 1.59. The zero-order chi connectivity index (χ0) is 7.84. The predicted octanol–water partition coefficient (Wildman–Crippen LogP) is 2.32. The standard InChI is InChI=1S/C10H14O/c1-7-5-8-3-2-4-10(11)9(8)6-7/h8-9H,1-6H2/t8-,9+/m0/s1. The summed E-state index contributed by atoms with van der Waals surface area (Å²) < 4.78 is 0. The molecule has 0 amide bonds. The fourth-order valence-electron chi connectivity index (χ4n) is 2.48. The average Bonchev–Trinajstić information content (AvgIpc) is 2.31. The van der Waals surface area contributed by atoms with Gasteiger partial charge in [-0.15, -0.1) is 0 Å². The van der Waals surface area contributed by atoms with E-state index in [2.05, 4.69) is 6.58 Å². The third-order valence-electron chi connectivity index (χ3n) is 3.04. The highest BCUT2D eigenvalue weighted by atomic mass is 16.1. The second kappa shape index (κ2) is 2.47. The van der Waals surface area contributed by atoms with E-state index in [4.69, 9.17) is 0 Å². The number of carbonyl (C=O) groups is 1. The minimum absolute atomic E-state index is 0.372. The maximum absolute atomic E-state index is 11.4. The van der Waals surface area contributed by atoms with Crippen LogP contribution in [0.4, 0.5) is 0 Å². The second-order valence-corrected chi connectivity index (χ2v) is 3.88. The van der Waals surface area contributed by atoms with Crippen molar-refractivity contribution in [2.24, 2.45) is 11.8 Å². The smallest absolute Gasteiger partial charge is 0.136 e. The molecule has 2 aliphatic rings. The molecule has 2 aliphatic carbocycles. The lowest BCUT2D eigenvalue weighted by Gasteiger charge is -2.22. The van der Waals surface area contributed by atoms with Crippen molar-refractivity contribution in [1.29, 1.82) is 0 Å². The zero-order valence-corrected chi connectivity index (χ0v) is 6.81. The fraction of sp³-hybridized carbons (Fsp3) is 0.700. The van der Waals surface area contributed by atoms with Crippen molar-refractivity contribution < 1.29 is 4.79 Å². The number of hydrogen-bond donors (Lipinski definition) is 0. The van der Waals surface area contributed by atoms with Gasteiger partial charge in [0.15, 0.2) is 0 Å². The van der Waals surface area contributed by atoms with Gasteiger partial charge in [0.05, 0.1) is 0 Å². The molecule has 2 atom stereocenters. The van der Waals surface area contributed by atoms with E-state index in [0.29, 0.717) is 17.6 Å². The Balaban J connectivity index is 2.15. The summed E-state index contributed by atoms with van der Waals surface area (Å²) in [6, 6.07) is 0. The summed E-state index contributed by atoms with van der Waals surface area (Å²) >= 11 is 0. The minimum Gasteiger partial charge on any atom is -0.299 e. The van der Waals surface area contributed by atoms with Crippen LogP contribution < -0.4 is 0 Å². The molecule has 0 spiro atoms. The van der Waals surface area contributed by atoms with Crippen molar-refractivity contribution >= 4 is 5.78 Å². The zero-order valence-electron chi connectivity index (χ0n) is 6.81. The highest BCUT2D eigenvalue weighted by Crippen LogP contribution is 2.42. The molecule has 0 radical (unpaired) electrons. The van der Waals surface area contributed by atoms with E-state index in [-0.39, 0.29) is 0 Å². The van der Waals surface area contributed by atoms with Crippen molar-refractivity contribution in [2.45, 2.75) is 32.1 Å². The average molecular weight is 150 g/mol. The molecule has 0 bridgehead atoms. The Morgan fingerprint density at radius 3 is 2.91 bits per heavy atom. The van der Waals surface area contributed by atoms with E-state index in [1.54, 1.807) is 0 Å². The van der Waals surface area contributed by atoms with Gasteiger partial charge in [0.1, 0.15) is 5.78 Å². The van der Waals surface area contributed by atoms with E-state index in [1.807, 2.05) is 0 Å². The van der Waals surface area contributed by atoms with Gasteiger partial charge in [-0.25, -0.2) is 0 Å². The molecular formula is C10H14O. The maximum Gasteiger partial charge on any atom is 0.136 e. The molecule has 0 N–H and O–H groups in total. The maximum atomic E-state index is 11.4. The lowest BCUT2D eigenvalue weighted by Crippen LogP contribution is -2.23. The van der Waals surface area contributed by atoms with Crippen LogP contribution >= 0.6 is 0 Å². The SMILES string of the molecule is C=C1C[C@@H]2CCCC(=O)[C@@H]2C1. The van der Waals surface area contributed by atoms with Crippen LogP contribution in [0.3, 0.4) is 0 Å². The number of ketones is 1. The molecule has 0 aromatic heterocycles. The quantitative estimate of drug-likeness (QED) is 0.484. The lowest BCUT2D eigenvalue weighted by atomic mass is 9.81. The van der Waals surface area contributed by atoms with E-state index in [1.165, 1.54) is 12.0 Å². The van der Waals surface area contributed by atoms with Crippen molar-refractivity contribution in [2.75, 3.05) is 0 Å². The van der Waals surface area contributed by atoms with E-state index < -0.39 is 0 Å². The monoisotopic (exact) mass is 150 g/mol. The Hall–Kier alpha value is -0.590. The van der Waals surface area contributed by atoms with Gasteiger partial charge in [-0.2, -0.15) is 0 Å². The van der Waals surface area contributed by atoms with Crippen molar-refractivity contribution in [3.05, 3.63) is 12.2 Å². The number of allylic oxidation sites excluding steroid dienone is 1. The summed E-state index contributed by atoms with van der Waals surface area (Å²) in [6.07, 6.45) is 5.32. The second-order valence-electron chi connectivity index (χ2n) is 3.88. The van der Waals surface area contributed by atoms with Gasteiger partial charge in [-0.1, -0.05) is 12.2 Å². The summed E-state index contributed by atoms with van der Waals surface area (Å²) in [5.41, 5.74) is 1.30. The summed E-state index contributed by atoms with van der Waals surface area (Å²) in [5.74, 6) is 1.54. The normalized spacial score (nSPS) is 37.5. The molecular weight excluding hydrogens is 136 g/mol. The van der Waals surface area contributed by atoms with Crippen molar-refractivity contribution in [3.8, 4) is 0 Å². The number of hydrogen-bond acceptors (Lipinski definition) is 1.